The van der Waals surface area contributed by atoms with E-state index in [1.165, 1.54) is 12.8 Å². The molecule has 0 amide bonds. The zero-order chi connectivity index (χ0) is 6.85. The standard InChI is InChI=1S/C9H16/c1-7(2)6-9-5-4-8(9)3/h5,7-8H,4,6H2,1-3H3. The Kier molecular flexibility index (Phi) is 1.94. The second-order valence-corrected chi connectivity index (χ2v) is 3.51. The van der Waals surface area contributed by atoms with Gasteiger partial charge < -0.3 is 0 Å². The van der Waals surface area contributed by atoms with E-state index in [9.17, 15) is 0 Å². The van der Waals surface area contributed by atoms with E-state index in [1.807, 2.05) is 0 Å². The van der Waals surface area contributed by atoms with Crippen LogP contribution >= 0.6 is 0 Å². The van der Waals surface area contributed by atoms with Crippen LogP contribution in [0.3, 0.4) is 0 Å². The largest absolute Gasteiger partial charge is 0.0845 e. The Morgan fingerprint density at radius 1 is 1.67 bits per heavy atom. The predicted molar refractivity (Wildman–Crippen MR) is 41.3 cm³/mol. The fraction of sp³-hybridized carbons (Fsp3) is 0.778. The lowest BCUT2D eigenvalue weighted by Gasteiger charge is -2.24. The molecular formula is C9H16. The van der Waals surface area contributed by atoms with Gasteiger partial charge in [-0.2, -0.15) is 0 Å². The van der Waals surface area contributed by atoms with Crippen LogP contribution in [0.2, 0.25) is 0 Å². The minimum absolute atomic E-state index is 0.846. The first-order valence-corrected chi connectivity index (χ1v) is 3.89. The summed E-state index contributed by atoms with van der Waals surface area (Å²) in [7, 11) is 0. The molecule has 9 heavy (non-hydrogen) atoms. The molecule has 1 aliphatic carbocycles. The minimum Gasteiger partial charge on any atom is -0.0845 e. The van der Waals surface area contributed by atoms with E-state index < -0.39 is 0 Å². The Labute approximate surface area is 58.0 Å². The molecule has 0 nitrogen and oxygen atoms in total. The van der Waals surface area contributed by atoms with Crippen LogP contribution in [-0.4, -0.2) is 0 Å². The lowest BCUT2D eigenvalue weighted by molar-refractivity contribution is 0.524. The normalized spacial score (nSPS) is 25.8. The minimum atomic E-state index is 0.846. The zero-order valence-corrected chi connectivity index (χ0v) is 6.65. The highest BCUT2D eigenvalue weighted by Crippen LogP contribution is 2.30. The molecule has 0 radical (unpaired) electrons. The van der Waals surface area contributed by atoms with Gasteiger partial charge in [0.25, 0.3) is 0 Å². The summed E-state index contributed by atoms with van der Waals surface area (Å²) in [6, 6.07) is 0. The molecule has 1 rings (SSSR count). The van der Waals surface area contributed by atoms with Crippen molar-refractivity contribution in [1.82, 2.24) is 0 Å². The highest BCUT2D eigenvalue weighted by atomic mass is 14.2. The Morgan fingerprint density at radius 3 is 2.44 bits per heavy atom. The lowest BCUT2D eigenvalue weighted by atomic mass is 9.82. The van der Waals surface area contributed by atoms with Crippen molar-refractivity contribution in [2.24, 2.45) is 11.8 Å². The van der Waals surface area contributed by atoms with Gasteiger partial charge >= 0.3 is 0 Å². The topological polar surface area (TPSA) is 0 Å². The number of hydrogen-bond acceptors (Lipinski definition) is 0. The van der Waals surface area contributed by atoms with Gasteiger partial charge in [0.15, 0.2) is 0 Å². The van der Waals surface area contributed by atoms with E-state index in [0.717, 1.165) is 11.8 Å². The third-order valence-electron chi connectivity index (χ3n) is 2.01. The molecule has 0 heterocycles. The molecule has 0 bridgehead atoms. The van der Waals surface area contributed by atoms with E-state index in [-0.39, 0.29) is 0 Å². The molecule has 0 heteroatoms. The quantitative estimate of drug-likeness (QED) is 0.496. The third-order valence-corrected chi connectivity index (χ3v) is 2.01. The van der Waals surface area contributed by atoms with Crippen LogP contribution in [-0.2, 0) is 0 Å². The van der Waals surface area contributed by atoms with E-state index in [4.69, 9.17) is 0 Å². The third kappa shape index (κ3) is 1.57. The second kappa shape index (κ2) is 2.55. The number of allylic oxidation sites excluding steroid dienone is 2. The summed E-state index contributed by atoms with van der Waals surface area (Å²) in [6.07, 6.45) is 5.02. The molecule has 52 valence electrons. The fourth-order valence-corrected chi connectivity index (χ4v) is 1.28. The molecule has 0 aromatic heterocycles. The summed E-state index contributed by atoms with van der Waals surface area (Å²) in [4.78, 5) is 0. The van der Waals surface area contributed by atoms with Crippen molar-refractivity contribution in [3.8, 4) is 0 Å². The van der Waals surface area contributed by atoms with Crippen molar-refractivity contribution in [3.63, 3.8) is 0 Å². The molecular weight excluding hydrogens is 108 g/mol. The molecule has 0 aliphatic heterocycles. The maximum Gasteiger partial charge on any atom is -0.0197 e. The molecule has 0 N–H and O–H groups in total. The second-order valence-electron chi connectivity index (χ2n) is 3.51. The maximum absolute atomic E-state index is 2.38. The summed E-state index contributed by atoms with van der Waals surface area (Å²) < 4.78 is 0. The van der Waals surface area contributed by atoms with Crippen molar-refractivity contribution >= 4 is 0 Å². The summed E-state index contributed by atoms with van der Waals surface area (Å²) >= 11 is 0. The molecule has 1 atom stereocenters. The highest BCUT2D eigenvalue weighted by molar-refractivity contribution is 5.16. The van der Waals surface area contributed by atoms with Crippen molar-refractivity contribution < 1.29 is 0 Å². The number of hydrogen-bond donors (Lipinski definition) is 0. The van der Waals surface area contributed by atoms with Crippen LogP contribution in [0.4, 0.5) is 0 Å². The molecule has 0 saturated heterocycles. The van der Waals surface area contributed by atoms with E-state index in [0.29, 0.717) is 0 Å². The zero-order valence-electron chi connectivity index (χ0n) is 6.65. The molecule has 0 aromatic rings. The Morgan fingerprint density at radius 2 is 2.33 bits per heavy atom. The first-order valence-electron chi connectivity index (χ1n) is 3.89. The molecule has 0 fully saturated rings. The van der Waals surface area contributed by atoms with Crippen LogP contribution in [0.25, 0.3) is 0 Å². The van der Waals surface area contributed by atoms with Gasteiger partial charge in [-0.3, -0.25) is 0 Å². The van der Waals surface area contributed by atoms with Crippen molar-refractivity contribution in [1.29, 1.82) is 0 Å². The SMILES string of the molecule is CC(C)CC1=CCC1C. The van der Waals surface area contributed by atoms with Gasteiger partial charge in [-0.15, -0.1) is 0 Å². The molecule has 1 unspecified atom stereocenters. The van der Waals surface area contributed by atoms with Crippen molar-refractivity contribution in [2.75, 3.05) is 0 Å². The monoisotopic (exact) mass is 124 g/mol. The van der Waals surface area contributed by atoms with E-state index in [2.05, 4.69) is 26.8 Å². The summed E-state index contributed by atoms with van der Waals surface area (Å²) in [5.74, 6) is 1.74. The first kappa shape index (κ1) is 6.85. The Bertz CT molecular complexity index is 120. The summed E-state index contributed by atoms with van der Waals surface area (Å²) in [6.45, 7) is 6.88. The average Bonchev–Trinajstić information content (AvgIpc) is 1.79. The molecule has 0 spiro atoms. The van der Waals surface area contributed by atoms with E-state index in [1.54, 1.807) is 5.57 Å². The van der Waals surface area contributed by atoms with Gasteiger partial charge in [0.05, 0.1) is 0 Å². The molecule has 0 saturated carbocycles. The van der Waals surface area contributed by atoms with Gasteiger partial charge in [0.2, 0.25) is 0 Å². The number of rotatable bonds is 2. The fourth-order valence-electron chi connectivity index (χ4n) is 1.28. The van der Waals surface area contributed by atoms with Crippen LogP contribution in [0.5, 0.6) is 0 Å². The first-order chi connectivity index (χ1) is 4.20. The molecule has 0 aromatic carbocycles. The Balaban J connectivity index is 2.29. The van der Waals surface area contributed by atoms with Crippen LogP contribution in [0, 0.1) is 11.8 Å². The lowest BCUT2D eigenvalue weighted by Crippen LogP contribution is -2.09. The van der Waals surface area contributed by atoms with E-state index >= 15 is 0 Å². The average molecular weight is 124 g/mol. The van der Waals surface area contributed by atoms with Gasteiger partial charge in [0, 0.05) is 0 Å². The van der Waals surface area contributed by atoms with Gasteiger partial charge in [-0.05, 0) is 24.7 Å². The van der Waals surface area contributed by atoms with Crippen LogP contribution < -0.4 is 0 Å². The van der Waals surface area contributed by atoms with Gasteiger partial charge in [0.1, 0.15) is 0 Å². The van der Waals surface area contributed by atoms with Crippen LogP contribution in [0.15, 0.2) is 11.6 Å². The summed E-state index contributed by atoms with van der Waals surface area (Å²) in [5.41, 5.74) is 1.69. The Hall–Kier alpha value is -0.260. The van der Waals surface area contributed by atoms with Crippen LogP contribution in [0.1, 0.15) is 33.6 Å². The van der Waals surface area contributed by atoms with Crippen molar-refractivity contribution in [2.45, 2.75) is 33.6 Å². The van der Waals surface area contributed by atoms with Gasteiger partial charge in [-0.25, -0.2) is 0 Å². The van der Waals surface area contributed by atoms with Crippen molar-refractivity contribution in [3.05, 3.63) is 11.6 Å². The maximum atomic E-state index is 2.38. The molecule has 1 aliphatic rings. The predicted octanol–water partition coefficient (Wildman–Crippen LogP) is 3.00. The van der Waals surface area contributed by atoms with Gasteiger partial charge in [-0.1, -0.05) is 32.4 Å². The highest BCUT2D eigenvalue weighted by Gasteiger charge is 2.15. The summed E-state index contributed by atoms with van der Waals surface area (Å²) in [5, 5.41) is 0. The smallest absolute Gasteiger partial charge is 0.0197 e.